The molecule has 1 fully saturated rings. The minimum absolute atomic E-state index is 0.0259. The lowest BCUT2D eigenvalue weighted by molar-refractivity contribution is 0.122. The van der Waals surface area contributed by atoms with Crippen LogP contribution in [0.3, 0.4) is 0 Å². The first kappa shape index (κ1) is 10.5. The lowest BCUT2D eigenvalue weighted by atomic mass is 10.2. The van der Waals surface area contributed by atoms with Crippen LogP contribution < -0.4 is 5.32 Å². The average molecular weight is 213 g/mol. The molecule has 1 aliphatic heterocycles. The molecule has 0 amide bonds. The Morgan fingerprint density at radius 3 is 3.00 bits per heavy atom. The van der Waals surface area contributed by atoms with E-state index in [4.69, 9.17) is 9.26 Å². The molecule has 1 saturated heterocycles. The number of hydrogen-bond acceptors (Lipinski definition) is 6. The molecule has 6 nitrogen and oxygen atoms in total. The van der Waals surface area contributed by atoms with Crippen LogP contribution in [-0.4, -0.2) is 47.2 Å². The van der Waals surface area contributed by atoms with Gasteiger partial charge in [-0.25, -0.2) is 0 Å². The molecule has 6 heteroatoms. The van der Waals surface area contributed by atoms with E-state index in [1.54, 1.807) is 6.92 Å². The first-order chi connectivity index (χ1) is 7.25. The summed E-state index contributed by atoms with van der Waals surface area (Å²) in [5.41, 5.74) is 0. The fourth-order valence-corrected chi connectivity index (χ4v) is 1.55. The van der Waals surface area contributed by atoms with Crippen LogP contribution in [-0.2, 0) is 11.2 Å². The molecule has 15 heavy (non-hydrogen) atoms. The monoisotopic (exact) mass is 213 g/mol. The van der Waals surface area contributed by atoms with Crippen LogP contribution in [0.5, 0.6) is 0 Å². The molecular formula is C9H15N3O3. The quantitative estimate of drug-likeness (QED) is 0.686. The second kappa shape index (κ2) is 4.69. The van der Waals surface area contributed by atoms with Gasteiger partial charge in [-0.15, -0.1) is 0 Å². The predicted molar refractivity (Wildman–Crippen MR) is 51.4 cm³/mol. The maximum atomic E-state index is 9.45. The highest BCUT2D eigenvalue weighted by Crippen LogP contribution is 2.04. The average Bonchev–Trinajstić information content (AvgIpc) is 2.77. The fourth-order valence-electron chi connectivity index (χ4n) is 1.55. The third-order valence-electron chi connectivity index (χ3n) is 2.38. The van der Waals surface area contributed by atoms with Crippen LogP contribution in [0.1, 0.15) is 11.7 Å². The normalized spacial score (nSPS) is 26.0. The summed E-state index contributed by atoms with van der Waals surface area (Å²) in [4.78, 5) is 4.08. The highest BCUT2D eigenvalue weighted by Gasteiger charge is 2.25. The van der Waals surface area contributed by atoms with E-state index in [0.29, 0.717) is 37.9 Å². The largest absolute Gasteiger partial charge is 0.389 e. The van der Waals surface area contributed by atoms with Gasteiger partial charge in [0, 0.05) is 19.9 Å². The lowest BCUT2D eigenvalue weighted by Gasteiger charge is -2.13. The third kappa shape index (κ3) is 2.74. The predicted octanol–water partition coefficient (Wildman–Crippen LogP) is -0.730. The van der Waals surface area contributed by atoms with E-state index in [2.05, 4.69) is 15.5 Å². The van der Waals surface area contributed by atoms with Gasteiger partial charge >= 0.3 is 0 Å². The Morgan fingerprint density at radius 2 is 2.40 bits per heavy atom. The summed E-state index contributed by atoms with van der Waals surface area (Å²) in [5.74, 6) is 1.27. The second-order valence-corrected chi connectivity index (χ2v) is 3.65. The number of ether oxygens (including phenoxy) is 1. The van der Waals surface area contributed by atoms with Crippen molar-refractivity contribution in [1.82, 2.24) is 15.5 Å². The van der Waals surface area contributed by atoms with Crippen molar-refractivity contribution in [3.8, 4) is 0 Å². The van der Waals surface area contributed by atoms with Gasteiger partial charge in [0.1, 0.15) is 0 Å². The van der Waals surface area contributed by atoms with Gasteiger partial charge in [-0.2, -0.15) is 4.98 Å². The zero-order chi connectivity index (χ0) is 10.7. The van der Waals surface area contributed by atoms with Crippen LogP contribution in [0.4, 0.5) is 0 Å². The Balaban J connectivity index is 1.70. The summed E-state index contributed by atoms with van der Waals surface area (Å²) < 4.78 is 9.96. The molecule has 2 unspecified atom stereocenters. The number of hydrogen-bond donors (Lipinski definition) is 2. The van der Waals surface area contributed by atoms with Crippen molar-refractivity contribution < 1.29 is 14.4 Å². The molecule has 0 aromatic carbocycles. The zero-order valence-corrected chi connectivity index (χ0v) is 8.64. The molecule has 84 valence electrons. The van der Waals surface area contributed by atoms with Gasteiger partial charge in [-0.1, -0.05) is 5.16 Å². The molecule has 2 N–H and O–H groups in total. The van der Waals surface area contributed by atoms with E-state index >= 15 is 0 Å². The summed E-state index contributed by atoms with van der Waals surface area (Å²) in [5, 5.41) is 16.4. The van der Waals surface area contributed by atoms with Crippen molar-refractivity contribution in [3.05, 3.63) is 11.7 Å². The van der Waals surface area contributed by atoms with Crippen molar-refractivity contribution in [2.45, 2.75) is 25.5 Å². The van der Waals surface area contributed by atoms with E-state index < -0.39 is 6.10 Å². The van der Waals surface area contributed by atoms with Crippen molar-refractivity contribution in [2.75, 3.05) is 19.8 Å². The lowest BCUT2D eigenvalue weighted by Crippen LogP contribution is -2.39. The Morgan fingerprint density at radius 1 is 1.53 bits per heavy atom. The van der Waals surface area contributed by atoms with E-state index in [0.717, 1.165) is 0 Å². The zero-order valence-electron chi connectivity index (χ0n) is 8.64. The van der Waals surface area contributed by atoms with Crippen LogP contribution in [0.2, 0.25) is 0 Å². The highest BCUT2D eigenvalue weighted by atomic mass is 16.5. The van der Waals surface area contributed by atoms with Crippen LogP contribution >= 0.6 is 0 Å². The van der Waals surface area contributed by atoms with Gasteiger partial charge in [-0.3, -0.25) is 0 Å². The van der Waals surface area contributed by atoms with Crippen LogP contribution in [0.15, 0.2) is 4.52 Å². The van der Waals surface area contributed by atoms with Gasteiger partial charge in [0.05, 0.1) is 25.4 Å². The number of aromatic nitrogens is 2. The first-order valence-electron chi connectivity index (χ1n) is 5.04. The maximum absolute atomic E-state index is 9.45. The number of nitrogens with zero attached hydrogens (tertiary/aromatic N) is 2. The molecule has 0 aliphatic carbocycles. The fraction of sp³-hybridized carbons (Fsp3) is 0.778. The number of nitrogens with one attached hydrogen (secondary N) is 1. The van der Waals surface area contributed by atoms with E-state index in [-0.39, 0.29) is 6.04 Å². The van der Waals surface area contributed by atoms with Crippen molar-refractivity contribution in [1.29, 1.82) is 0 Å². The third-order valence-corrected chi connectivity index (χ3v) is 2.38. The summed E-state index contributed by atoms with van der Waals surface area (Å²) in [6, 6.07) is 0.0259. The van der Waals surface area contributed by atoms with E-state index in [9.17, 15) is 5.11 Å². The molecule has 0 spiro atoms. The Hall–Kier alpha value is -0.980. The topological polar surface area (TPSA) is 80.4 Å². The maximum Gasteiger partial charge on any atom is 0.223 e. The molecule has 0 radical (unpaired) electrons. The van der Waals surface area contributed by atoms with Gasteiger partial charge in [0.2, 0.25) is 5.89 Å². The summed E-state index contributed by atoms with van der Waals surface area (Å²) in [6.07, 6.45) is 0.289. The minimum Gasteiger partial charge on any atom is -0.389 e. The molecule has 2 atom stereocenters. The molecular weight excluding hydrogens is 198 g/mol. The Bertz CT molecular complexity index is 315. The Kier molecular flexibility index (Phi) is 3.30. The van der Waals surface area contributed by atoms with Gasteiger partial charge < -0.3 is 19.7 Å². The smallest absolute Gasteiger partial charge is 0.223 e. The Labute approximate surface area is 87.6 Å². The SMILES string of the molecule is Cc1nc(CCNC2COCC2O)no1. The van der Waals surface area contributed by atoms with Crippen molar-refractivity contribution in [3.63, 3.8) is 0 Å². The van der Waals surface area contributed by atoms with Crippen LogP contribution in [0, 0.1) is 6.92 Å². The van der Waals surface area contributed by atoms with Crippen LogP contribution in [0.25, 0.3) is 0 Å². The second-order valence-electron chi connectivity index (χ2n) is 3.65. The molecule has 2 rings (SSSR count). The first-order valence-corrected chi connectivity index (χ1v) is 5.04. The highest BCUT2D eigenvalue weighted by molar-refractivity contribution is 4.86. The number of aryl methyl sites for hydroxylation is 1. The molecule has 1 aliphatic rings. The molecule has 0 saturated carbocycles. The van der Waals surface area contributed by atoms with Gasteiger partial charge in [0.15, 0.2) is 5.82 Å². The summed E-state index contributed by atoms with van der Waals surface area (Å²) in [6.45, 7) is 3.45. The van der Waals surface area contributed by atoms with E-state index in [1.165, 1.54) is 0 Å². The standard InChI is InChI=1S/C9H15N3O3/c1-6-11-9(12-15-6)2-3-10-7-4-14-5-8(7)13/h7-8,10,13H,2-5H2,1H3. The van der Waals surface area contributed by atoms with Gasteiger partial charge in [-0.05, 0) is 0 Å². The van der Waals surface area contributed by atoms with Crippen molar-refractivity contribution in [2.24, 2.45) is 0 Å². The van der Waals surface area contributed by atoms with Crippen molar-refractivity contribution >= 4 is 0 Å². The summed E-state index contributed by atoms with van der Waals surface area (Å²) in [7, 11) is 0. The van der Waals surface area contributed by atoms with E-state index in [1.807, 2.05) is 0 Å². The summed E-state index contributed by atoms with van der Waals surface area (Å²) >= 11 is 0. The minimum atomic E-state index is -0.406. The molecule has 2 heterocycles. The number of aliphatic hydroxyl groups is 1. The van der Waals surface area contributed by atoms with Gasteiger partial charge in [0.25, 0.3) is 0 Å². The number of rotatable bonds is 4. The molecule has 0 bridgehead atoms. The molecule has 1 aromatic rings. The number of aliphatic hydroxyl groups excluding tert-OH is 1. The molecule has 1 aromatic heterocycles.